The van der Waals surface area contributed by atoms with Gasteiger partial charge in [-0.05, 0) is 25.0 Å². The second-order valence-corrected chi connectivity index (χ2v) is 4.90. The Morgan fingerprint density at radius 2 is 2.59 bits per heavy atom. The summed E-state index contributed by atoms with van der Waals surface area (Å²) >= 11 is 1.70. The van der Waals surface area contributed by atoms with Crippen molar-refractivity contribution in [2.75, 3.05) is 12.4 Å². The molecule has 0 radical (unpaired) electrons. The highest BCUT2D eigenvalue weighted by molar-refractivity contribution is 7.99. The Bertz CT molecular complexity index is 405. The summed E-state index contributed by atoms with van der Waals surface area (Å²) in [6.45, 7) is 0.872. The van der Waals surface area contributed by atoms with Crippen molar-refractivity contribution in [3.63, 3.8) is 0 Å². The van der Waals surface area contributed by atoms with Crippen LogP contribution in [-0.2, 0) is 4.74 Å². The summed E-state index contributed by atoms with van der Waals surface area (Å²) in [5, 5.41) is 11.5. The average molecular weight is 253 g/mol. The first kappa shape index (κ1) is 12.2. The second kappa shape index (κ2) is 5.88. The number of thioether (sulfide) groups is 1. The number of nitrogens with two attached hydrogens (primary N) is 1. The first-order valence-electron chi connectivity index (χ1n) is 5.48. The smallest absolute Gasteiger partial charge is 0.188 e. The third kappa shape index (κ3) is 3.34. The van der Waals surface area contributed by atoms with Crippen LogP contribution >= 0.6 is 11.8 Å². The Morgan fingerprint density at radius 3 is 3.29 bits per heavy atom. The van der Waals surface area contributed by atoms with Gasteiger partial charge in [0.1, 0.15) is 5.69 Å². The minimum absolute atomic E-state index is 0.0320. The summed E-state index contributed by atoms with van der Waals surface area (Å²) in [5.74, 6) is 0.962. The molecule has 0 aromatic carbocycles. The standard InChI is InChI=1S/C11H15N3O2S/c12-11(14-15)10-6-9(3-4-13-10)17-7-8-2-1-5-16-8/h3-4,6,8,15H,1-2,5,7H2,(H2,12,14). The van der Waals surface area contributed by atoms with Crippen LogP contribution in [0.1, 0.15) is 18.5 Å². The van der Waals surface area contributed by atoms with E-state index in [0.29, 0.717) is 11.8 Å². The van der Waals surface area contributed by atoms with Gasteiger partial charge in [0.15, 0.2) is 5.84 Å². The molecule has 6 heteroatoms. The van der Waals surface area contributed by atoms with Gasteiger partial charge < -0.3 is 15.7 Å². The van der Waals surface area contributed by atoms with E-state index in [1.165, 1.54) is 0 Å². The van der Waals surface area contributed by atoms with E-state index < -0.39 is 0 Å². The molecule has 1 saturated heterocycles. The van der Waals surface area contributed by atoms with Gasteiger partial charge in [0, 0.05) is 23.5 Å². The number of rotatable bonds is 4. The highest BCUT2D eigenvalue weighted by Crippen LogP contribution is 2.23. The van der Waals surface area contributed by atoms with Crippen LogP contribution < -0.4 is 5.73 Å². The van der Waals surface area contributed by atoms with Crippen molar-refractivity contribution in [1.29, 1.82) is 0 Å². The zero-order valence-corrected chi connectivity index (χ0v) is 10.2. The molecule has 1 unspecified atom stereocenters. The maximum absolute atomic E-state index is 8.58. The Balaban J connectivity index is 1.96. The van der Waals surface area contributed by atoms with Crippen molar-refractivity contribution in [3.05, 3.63) is 24.0 Å². The Kier molecular flexibility index (Phi) is 4.22. The minimum Gasteiger partial charge on any atom is -0.409 e. The fourth-order valence-electron chi connectivity index (χ4n) is 1.66. The van der Waals surface area contributed by atoms with Gasteiger partial charge in [-0.1, -0.05) is 5.16 Å². The molecule has 1 aromatic heterocycles. The first-order valence-corrected chi connectivity index (χ1v) is 6.46. The lowest BCUT2D eigenvalue weighted by Gasteiger charge is -2.08. The van der Waals surface area contributed by atoms with E-state index in [2.05, 4.69) is 10.1 Å². The molecule has 1 aromatic rings. The summed E-state index contributed by atoms with van der Waals surface area (Å²) < 4.78 is 5.55. The number of hydrogen-bond acceptors (Lipinski definition) is 5. The van der Waals surface area contributed by atoms with Crippen LogP contribution in [0.2, 0.25) is 0 Å². The number of pyridine rings is 1. The predicted octanol–water partition coefficient (Wildman–Crippen LogP) is 1.45. The largest absolute Gasteiger partial charge is 0.409 e. The fourth-order valence-corrected chi connectivity index (χ4v) is 2.65. The molecule has 0 aliphatic carbocycles. The van der Waals surface area contributed by atoms with E-state index in [4.69, 9.17) is 15.7 Å². The fraction of sp³-hybridized carbons (Fsp3) is 0.455. The SMILES string of the molecule is N/C(=N/O)c1cc(SCC2CCCO2)ccn1. The Labute approximate surface area is 104 Å². The van der Waals surface area contributed by atoms with Crippen LogP contribution in [0.5, 0.6) is 0 Å². The van der Waals surface area contributed by atoms with Crippen molar-refractivity contribution in [3.8, 4) is 0 Å². The van der Waals surface area contributed by atoms with Gasteiger partial charge in [0.05, 0.1) is 6.10 Å². The third-order valence-electron chi connectivity index (χ3n) is 2.56. The van der Waals surface area contributed by atoms with Crippen LogP contribution in [0, 0.1) is 0 Å². The van der Waals surface area contributed by atoms with Gasteiger partial charge in [-0.25, -0.2) is 0 Å². The summed E-state index contributed by atoms with van der Waals surface area (Å²) in [4.78, 5) is 5.08. The molecule has 2 heterocycles. The number of hydrogen-bond donors (Lipinski definition) is 2. The first-order chi connectivity index (χ1) is 8.29. The number of aromatic nitrogens is 1. The van der Waals surface area contributed by atoms with Gasteiger partial charge in [-0.3, -0.25) is 4.98 Å². The maximum Gasteiger partial charge on any atom is 0.188 e. The molecule has 0 saturated carbocycles. The van der Waals surface area contributed by atoms with Crippen molar-refractivity contribution >= 4 is 17.6 Å². The lowest BCUT2D eigenvalue weighted by Crippen LogP contribution is -2.15. The monoisotopic (exact) mass is 253 g/mol. The lowest BCUT2D eigenvalue weighted by atomic mass is 10.3. The molecule has 17 heavy (non-hydrogen) atoms. The topological polar surface area (TPSA) is 80.7 Å². The average Bonchev–Trinajstić information content (AvgIpc) is 2.89. The van der Waals surface area contributed by atoms with E-state index in [1.807, 2.05) is 12.1 Å². The quantitative estimate of drug-likeness (QED) is 0.279. The van der Waals surface area contributed by atoms with Crippen molar-refractivity contribution < 1.29 is 9.94 Å². The van der Waals surface area contributed by atoms with Gasteiger partial charge in [0.25, 0.3) is 0 Å². The Morgan fingerprint density at radius 1 is 1.71 bits per heavy atom. The van der Waals surface area contributed by atoms with Crippen molar-refractivity contribution in [2.24, 2.45) is 10.9 Å². The van der Waals surface area contributed by atoms with Crippen LogP contribution in [0.3, 0.4) is 0 Å². The van der Waals surface area contributed by atoms with Crippen molar-refractivity contribution in [1.82, 2.24) is 4.98 Å². The molecule has 2 rings (SSSR count). The number of ether oxygens (including phenoxy) is 1. The lowest BCUT2D eigenvalue weighted by molar-refractivity contribution is 0.129. The normalized spacial score (nSPS) is 20.7. The predicted molar refractivity (Wildman–Crippen MR) is 66.4 cm³/mol. The van der Waals surface area contributed by atoms with E-state index in [9.17, 15) is 0 Å². The van der Waals surface area contributed by atoms with E-state index in [1.54, 1.807) is 18.0 Å². The van der Waals surface area contributed by atoms with Crippen LogP contribution in [0.25, 0.3) is 0 Å². The summed E-state index contributed by atoms with van der Waals surface area (Å²) in [6.07, 6.45) is 4.29. The van der Waals surface area contributed by atoms with Gasteiger partial charge in [-0.15, -0.1) is 11.8 Å². The molecule has 1 fully saturated rings. The number of nitrogens with zero attached hydrogens (tertiary/aromatic N) is 2. The molecule has 1 aliphatic rings. The number of amidine groups is 1. The Hall–Kier alpha value is -1.27. The van der Waals surface area contributed by atoms with Crippen LogP contribution in [-0.4, -0.2) is 34.5 Å². The molecule has 1 aliphatic heterocycles. The summed E-state index contributed by atoms with van der Waals surface area (Å²) in [6, 6.07) is 3.72. The van der Waals surface area contributed by atoms with E-state index in [-0.39, 0.29) is 5.84 Å². The van der Waals surface area contributed by atoms with Crippen LogP contribution in [0.4, 0.5) is 0 Å². The van der Waals surface area contributed by atoms with E-state index in [0.717, 1.165) is 30.1 Å². The van der Waals surface area contributed by atoms with Crippen LogP contribution in [0.15, 0.2) is 28.4 Å². The molecule has 5 nitrogen and oxygen atoms in total. The van der Waals surface area contributed by atoms with Gasteiger partial charge in [-0.2, -0.15) is 0 Å². The summed E-state index contributed by atoms with van der Waals surface area (Å²) in [5.41, 5.74) is 5.98. The molecular weight excluding hydrogens is 238 g/mol. The third-order valence-corrected chi connectivity index (χ3v) is 3.69. The molecule has 1 atom stereocenters. The van der Waals surface area contributed by atoms with Gasteiger partial charge in [0.2, 0.25) is 0 Å². The van der Waals surface area contributed by atoms with Gasteiger partial charge >= 0.3 is 0 Å². The molecule has 0 spiro atoms. The molecule has 0 bridgehead atoms. The number of oxime groups is 1. The second-order valence-electron chi connectivity index (χ2n) is 3.81. The zero-order valence-electron chi connectivity index (χ0n) is 9.37. The van der Waals surface area contributed by atoms with Crippen molar-refractivity contribution in [2.45, 2.75) is 23.8 Å². The zero-order chi connectivity index (χ0) is 12.1. The minimum atomic E-state index is 0.0320. The molecule has 0 amide bonds. The molecule has 3 N–H and O–H groups in total. The maximum atomic E-state index is 8.58. The van der Waals surface area contributed by atoms with E-state index >= 15 is 0 Å². The molecule has 92 valence electrons. The highest BCUT2D eigenvalue weighted by atomic mass is 32.2. The highest BCUT2D eigenvalue weighted by Gasteiger charge is 2.15. The molecular formula is C11H15N3O2S. The summed E-state index contributed by atoms with van der Waals surface area (Å²) in [7, 11) is 0.